The van der Waals surface area contributed by atoms with E-state index in [4.69, 9.17) is 12.2 Å². The lowest BCUT2D eigenvalue weighted by atomic mass is 10.1. The monoisotopic (exact) mass is 321 g/mol. The molecule has 0 saturated heterocycles. The number of hydrogen-bond acceptors (Lipinski definition) is 3. The van der Waals surface area contributed by atoms with E-state index in [0.717, 1.165) is 16.9 Å². The molecule has 0 atom stereocenters. The third-order valence-electron chi connectivity index (χ3n) is 3.02. The van der Waals surface area contributed by atoms with E-state index in [0.29, 0.717) is 12.8 Å². The van der Waals surface area contributed by atoms with Gasteiger partial charge >= 0.3 is 0 Å². The van der Waals surface area contributed by atoms with Gasteiger partial charge in [-0.25, -0.2) is 0 Å². The van der Waals surface area contributed by atoms with E-state index in [1.807, 2.05) is 39.0 Å². The first-order valence-electron chi connectivity index (χ1n) is 7.33. The summed E-state index contributed by atoms with van der Waals surface area (Å²) >= 11 is 5.15. The molecule has 0 bridgehead atoms. The largest absolute Gasteiger partial charge is 0.332 e. The molecule has 5 nitrogen and oxygen atoms in total. The highest BCUT2D eigenvalue weighted by molar-refractivity contribution is 7.80. The molecular weight excluding hydrogens is 298 g/mol. The maximum Gasteiger partial charge on any atom is 0.226 e. The molecule has 0 aliphatic rings. The molecule has 0 fully saturated rings. The summed E-state index contributed by atoms with van der Waals surface area (Å²) in [7, 11) is 0. The fourth-order valence-corrected chi connectivity index (χ4v) is 2.07. The quantitative estimate of drug-likeness (QED) is 0.728. The zero-order valence-electron chi connectivity index (χ0n) is 13.4. The summed E-state index contributed by atoms with van der Waals surface area (Å²) in [6.45, 7) is 7.62. The Balaban J connectivity index is 2.73. The van der Waals surface area contributed by atoms with Crippen molar-refractivity contribution in [2.24, 2.45) is 5.92 Å². The molecule has 1 aromatic rings. The summed E-state index contributed by atoms with van der Waals surface area (Å²) < 4.78 is 0. The van der Waals surface area contributed by atoms with Gasteiger partial charge in [0.2, 0.25) is 11.8 Å². The van der Waals surface area contributed by atoms with Crippen LogP contribution in [0, 0.1) is 12.8 Å². The highest BCUT2D eigenvalue weighted by atomic mass is 32.1. The van der Waals surface area contributed by atoms with Crippen LogP contribution in [-0.2, 0) is 9.59 Å². The highest BCUT2D eigenvalue weighted by Crippen LogP contribution is 2.23. The standard InChI is InChI=1S/C16H23N3O2S/c1-5-14(20)17-12-7-6-8-13(11(12)4)18-16(22)19-15(21)9-10(2)3/h6-8,10H,5,9H2,1-4H3,(H,17,20)(H2,18,19,21,22). The molecule has 0 saturated carbocycles. The third kappa shape index (κ3) is 5.81. The number of thiocarbonyl (C=S) groups is 1. The Kier molecular flexibility index (Phi) is 6.98. The first kappa shape index (κ1) is 18.1. The smallest absolute Gasteiger partial charge is 0.226 e. The average Bonchev–Trinajstić information content (AvgIpc) is 2.41. The van der Waals surface area contributed by atoms with E-state index in [1.54, 1.807) is 6.92 Å². The van der Waals surface area contributed by atoms with E-state index in [1.165, 1.54) is 0 Å². The lowest BCUT2D eigenvalue weighted by Crippen LogP contribution is -2.34. The second kappa shape index (κ2) is 8.48. The van der Waals surface area contributed by atoms with E-state index in [2.05, 4.69) is 16.0 Å². The van der Waals surface area contributed by atoms with Gasteiger partial charge in [-0.1, -0.05) is 26.8 Å². The fraction of sp³-hybridized carbons (Fsp3) is 0.438. The molecule has 1 aromatic carbocycles. The summed E-state index contributed by atoms with van der Waals surface area (Å²) in [5.74, 6) is 0.116. The Hall–Kier alpha value is -1.95. The van der Waals surface area contributed by atoms with Crippen molar-refractivity contribution < 1.29 is 9.59 Å². The second-order valence-electron chi connectivity index (χ2n) is 5.48. The highest BCUT2D eigenvalue weighted by Gasteiger charge is 2.10. The van der Waals surface area contributed by atoms with Gasteiger partial charge in [-0.3, -0.25) is 9.59 Å². The van der Waals surface area contributed by atoms with Crippen LogP contribution in [0.5, 0.6) is 0 Å². The van der Waals surface area contributed by atoms with Crippen molar-refractivity contribution >= 4 is 40.5 Å². The van der Waals surface area contributed by atoms with E-state index >= 15 is 0 Å². The Labute approximate surface area is 136 Å². The fourth-order valence-electron chi connectivity index (χ4n) is 1.85. The van der Waals surface area contributed by atoms with Gasteiger partial charge in [0.15, 0.2) is 5.11 Å². The Morgan fingerprint density at radius 3 is 2.27 bits per heavy atom. The van der Waals surface area contributed by atoms with Crippen LogP contribution in [0.4, 0.5) is 11.4 Å². The van der Waals surface area contributed by atoms with Gasteiger partial charge in [-0.15, -0.1) is 0 Å². The van der Waals surface area contributed by atoms with Gasteiger partial charge in [0.05, 0.1) is 0 Å². The molecule has 0 aromatic heterocycles. The predicted molar refractivity (Wildman–Crippen MR) is 93.9 cm³/mol. The van der Waals surface area contributed by atoms with Gasteiger partial charge in [0.1, 0.15) is 0 Å². The van der Waals surface area contributed by atoms with Crippen LogP contribution >= 0.6 is 12.2 Å². The summed E-state index contributed by atoms with van der Waals surface area (Å²) in [5.41, 5.74) is 2.35. The lowest BCUT2D eigenvalue weighted by Gasteiger charge is -2.15. The molecule has 0 unspecified atom stereocenters. The molecule has 3 N–H and O–H groups in total. The molecule has 0 aliphatic heterocycles. The van der Waals surface area contributed by atoms with Crippen LogP contribution < -0.4 is 16.0 Å². The number of anilines is 2. The molecule has 0 spiro atoms. The van der Waals surface area contributed by atoms with Gasteiger partial charge in [0, 0.05) is 24.2 Å². The minimum Gasteiger partial charge on any atom is -0.332 e. The van der Waals surface area contributed by atoms with Crippen LogP contribution in [0.15, 0.2) is 18.2 Å². The van der Waals surface area contributed by atoms with Gasteiger partial charge in [0.25, 0.3) is 0 Å². The van der Waals surface area contributed by atoms with Gasteiger partial charge < -0.3 is 16.0 Å². The molecular formula is C16H23N3O2S. The van der Waals surface area contributed by atoms with Crippen molar-refractivity contribution in [3.63, 3.8) is 0 Å². The Morgan fingerprint density at radius 1 is 1.14 bits per heavy atom. The van der Waals surface area contributed by atoms with Gasteiger partial charge in [-0.05, 0) is 42.8 Å². The minimum atomic E-state index is -0.111. The number of hydrogen-bond donors (Lipinski definition) is 3. The summed E-state index contributed by atoms with van der Waals surface area (Å²) in [6.07, 6.45) is 0.841. The molecule has 22 heavy (non-hydrogen) atoms. The van der Waals surface area contributed by atoms with E-state index < -0.39 is 0 Å². The SMILES string of the molecule is CCC(=O)Nc1cccc(NC(=S)NC(=O)CC(C)C)c1C. The molecule has 0 heterocycles. The predicted octanol–water partition coefficient (Wildman–Crippen LogP) is 3.20. The van der Waals surface area contributed by atoms with Crippen molar-refractivity contribution in [1.82, 2.24) is 5.32 Å². The summed E-state index contributed by atoms with van der Waals surface area (Å²) in [5, 5.41) is 8.73. The zero-order valence-corrected chi connectivity index (χ0v) is 14.3. The van der Waals surface area contributed by atoms with Gasteiger partial charge in [-0.2, -0.15) is 0 Å². The topological polar surface area (TPSA) is 70.2 Å². The summed E-state index contributed by atoms with van der Waals surface area (Å²) in [4.78, 5) is 23.2. The molecule has 0 aliphatic carbocycles. The summed E-state index contributed by atoms with van der Waals surface area (Å²) in [6, 6.07) is 5.49. The molecule has 0 radical (unpaired) electrons. The lowest BCUT2D eigenvalue weighted by molar-refractivity contribution is -0.120. The maximum absolute atomic E-state index is 11.7. The number of carbonyl (C=O) groups excluding carboxylic acids is 2. The number of carbonyl (C=O) groups is 2. The molecule has 120 valence electrons. The molecule has 2 amide bonds. The first-order chi connectivity index (χ1) is 10.3. The second-order valence-corrected chi connectivity index (χ2v) is 5.89. The van der Waals surface area contributed by atoms with Crippen molar-refractivity contribution in [1.29, 1.82) is 0 Å². The Morgan fingerprint density at radius 2 is 1.73 bits per heavy atom. The van der Waals surface area contributed by atoms with E-state index in [9.17, 15) is 9.59 Å². The van der Waals surface area contributed by atoms with Crippen LogP contribution in [-0.4, -0.2) is 16.9 Å². The van der Waals surface area contributed by atoms with Crippen LogP contribution in [0.2, 0.25) is 0 Å². The van der Waals surface area contributed by atoms with Crippen LogP contribution in [0.3, 0.4) is 0 Å². The maximum atomic E-state index is 11.7. The van der Waals surface area contributed by atoms with Crippen LogP contribution in [0.1, 0.15) is 39.2 Å². The zero-order chi connectivity index (χ0) is 16.7. The molecule has 6 heteroatoms. The number of rotatable bonds is 5. The van der Waals surface area contributed by atoms with Crippen molar-refractivity contribution in [2.75, 3.05) is 10.6 Å². The number of benzene rings is 1. The van der Waals surface area contributed by atoms with Crippen molar-refractivity contribution in [3.8, 4) is 0 Å². The Bertz CT molecular complexity index is 571. The van der Waals surface area contributed by atoms with E-state index in [-0.39, 0.29) is 22.8 Å². The van der Waals surface area contributed by atoms with Crippen LogP contribution in [0.25, 0.3) is 0 Å². The normalized spacial score (nSPS) is 10.2. The number of amides is 2. The number of nitrogens with one attached hydrogen (secondary N) is 3. The average molecular weight is 321 g/mol. The van der Waals surface area contributed by atoms with Crippen molar-refractivity contribution in [3.05, 3.63) is 23.8 Å². The minimum absolute atomic E-state index is 0.0481. The van der Waals surface area contributed by atoms with Crippen molar-refractivity contribution in [2.45, 2.75) is 40.5 Å². The third-order valence-corrected chi connectivity index (χ3v) is 3.23. The molecule has 1 rings (SSSR count). The first-order valence-corrected chi connectivity index (χ1v) is 7.74.